The molecule has 3 rings (SSSR count). The lowest BCUT2D eigenvalue weighted by molar-refractivity contribution is -0.128. The number of benzene rings is 2. The maximum atomic E-state index is 12.7. The second-order valence-corrected chi connectivity index (χ2v) is 8.01. The zero-order valence-corrected chi connectivity index (χ0v) is 15.4. The number of carbonyl (C=O) groups excluding carboxylic acids is 2. The van der Waals surface area contributed by atoms with Gasteiger partial charge in [-0.2, -0.15) is 0 Å². The standard InChI is InChI=1S/C18H19N3O4S/c1-10-4-6-14(11(2)8-10)21-26(24,25)13-5-7-15-16(9-13)20-18(23)12(3)17(22)19-15/h4-9,12,21H,1-3H3,(H,19,22)(H,20,23)/t12-/m0/s1. The largest absolute Gasteiger partial charge is 0.324 e. The summed E-state index contributed by atoms with van der Waals surface area (Å²) >= 11 is 0. The zero-order valence-electron chi connectivity index (χ0n) is 14.6. The van der Waals surface area contributed by atoms with Crippen LogP contribution in [0.4, 0.5) is 17.1 Å². The molecule has 0 aromatic heterocycles. The summed E-state index contributed by atoms with van der Waals surface area (Å²) in [7, 11) is -3.85. The first-order chi connectivity index (χ1) is 12.2. The lowest BCUT2D eigenvalue weighted by atomic mass is 10.1. The highest BCUT2D eigenvalue weighted by molar-refractivity contribution is 7.92. The molecule has 0 spiro atoms. The van der Waals surface area contributed by atoms with Crippen LogP contribution in [0, 0.1) is 19.8 Å². The molecule has 0 saturated carbocycles. The van der Waals surface area contributed by atoms with Crippen LogP contribution in [-0.2, 0) is 19.6 Å². The molecule has 1 aliphatic rings. The summed E-state index contributed by atoms with van der Waals surface area (Å²) < 4.78 is 28.0. The highest BCUT2D eigenvalue weighted by Gasteiger charge is 2.28. The lowest BCUT2D eigenvalue weighted by Crippen LogP contribution is -2.28. The van der Waals surface area contributed by atoms with Gasteiger partial charge in [-0.05, 0) is 50.6 Å². The summed E-state index contributed by atoms with van der Waals surface area (Å²) in [5.74, 6) is -1.79. The summed E-state index contributed by atoms with van der Waals surface area (Å²) in [6.45, 7) is 5.23. The van der Waals surface area contributed by atoms with Crippen molar-refractivity contribution in [3.63, 3.8) is 0 Å². The van der Waals surface area contributed by atoms with Gasteiger partial charge in [-0.25, -0.2) is 8.42 Å². The number of sulfonamides is 1. The van der Waals surface area contributed by atoms with Crippen molar-refractivity contribution in [3.8, 4) is 0 Å². The molecule has 0 saturated heterocycles. The zero-order chi connectivity index (χ0) is 19.1. The number of nitrogens with one attached hydrogen (secondary N) is 3. The summed E-state index contributed by atoms with van der Waals surface area (Å²) in [5, 5.41) is 5.19. The molecule has 0 aliphatic carbocycles. The fourth-order valence-electron chi connectivity index (χ4n) is 2.64. The van der Waals surface area contributed by atoms with Crippen LogP contribution in [0.15, 0.2) is 41.3 Å². The Hall–Kier alpha value is -2.87. The normalized spacial score (nSPS) is 17.0. The molecule has 2 amide bonds. The van der Waals surface area contributed by atoms with Crippen LogP contribution in [0.2, 0.25) is 0 Å². The van der Waals surface area contributed by atoms with E-state index in [1.807, 2.05) is 26.0 Å². The minimum Gasteiger partial charge on any atom is -0.324 e. The van der Waals surface area contributed by atoms with Gasteiger partial charge >= 0.3 is 0 Å². The van der Waals surface area contributed by atoms with Crippen molar-refractivity contribution >= 4 is 38.9 Å². The van der Waals surface area contributed by atoms with Crippen LogP contribution in [0.1, 0.15) is 18.1 Å². The van der Waals surface area contributed by atoms with Crippen LogP contribution in [0.3, 0.4) is 0 Å². The summed E-state index contributed by atoms with van der Waals surface area (Å²) in [5.41, 5.74) is 2.92. The fraction of sp³-hybridized carbons (Fsp3) is 0.222. The predicted molar refractivity (Wildman–Crippen MR) is 99.6 cm³/mol. The molecule has 1 aliphatic heterocycles. The molecular weight excluding hydrogens is 354 g/mol. The van der Waals surface area contributed by atoms with Crippen molar-refractivity contribution in [1.29, 1.82) is 0 Å². The summed E-state index contributed by atoms with van der Waals surface area (Å²) in [6.07, 6.45) is 0. The van der Waals surface area contributed by atoms with Crippen molar-refractivity contribution in [1.82, 2.24) is 0 Å². The number of anilines is 3. The van der Waals surface area contributed by atoms with Gasteiger partial charge in [-0.15, -0.1) is 0 Å². The first-order valence-corrected chi connectivity index (χ1v) is 9.51. The number of aryl methyl sites for hydroxylation is 2. The first kappa shape index (κ1) is 17.9. The molecule has 0 radical (unpaired) electrons. The molecule has 2 aromatic rings. The minimum atomic E-state index is -3.85. The van der Waals surface area contributed by atoms with Gasteiger partial charge < -0.3 is 10.6 Å². The third-order valence-corrected chi connectivity index (χ3v) is 5.59. The number of hydrogen-bond donors (Lipinski definition) is 3. The minimum absolute atomic E-state index is 0.0136. The SMILES string of the molecule is Cc1ccc(NS(=O)(=O)c2ccc3c(c2)NC(=O)[C@@H](C)C(=O)N3)c(C)c1. The second kappa shape index (κ2) is 6.45. The molecule has 0 fully saturated rings. The van der Waals surface area contributed by atoms with Crippen LogP contribution in [0.5, 0.6) is 0 Å². The number of amides is 2. The van der Waals surface area contributed by atoms with E-state index in [4.69, 9.17) is 0 Å². The lowest BCUT2D eigenvalue weighted by Gasteiger charge is -2.13. The second-order valence-electron chi connectivity index (χ2n) is 6.33. The Balaban J connectivity index is 1.96. The quantitative estimate of drug-likeness (QED) is 0.719. The van der Waals surface area contributed by atoms with E-state index in [1.54, 1.807) is 6.07 Å². The van der Waals surface area contributed by atoms with E-state index in [0.29, 0.717) is 11.4 Å². The van der Waals surface area contributed by atoms with Crippen LogP contribution in [-0.4, -0.2) is 20.2 Å². The highest BCUT2D eigenvalue weighted by atomic mass is 32.2. The maximum Gasteiger partial charge on any atom is 0.261 e. The Labute approximate surface area is 151 Å². The Morgan fingerprint density at radius 3 is 2.23 bits per heavy atom. The predicted octanol–water partition coefficient (Wildman–Crippen LogP) is 2.63. The Bertz CT molecular complexity index is 1020. The Kier molecular flexibility index (Phi) is 4.45. The molecule has 1 atom stereocenters. The van der Waals surface area contributed by atoms with Crippen molar-refractivity contribution in [3.05, 3.63) is 47.5 Å². The average molecular weight is 373 g/mol. The van der Waals surface area contributed by atoms with E-state index in [1.165, 1.54) is 25.1 Å². The third kappa shape index (κ3) is 3.41. The van der Waals surface area contributed by atoms with Gasteiger partial charge in [-0.3, -0.25) is 14.3 Å². The van der Waals surface area contributed by atoms with E-state index < -0.39 is 27.8 Å². The third-order valence-electron chi connectivity index (χ3n) is 4.23. The molecule has 7 nitrogen and oxygen atoms in total. The van der Waals surface area contributed by atoms with Gasteiger partial charge in [0.2, 0.25) is 11.8 Å². The van der Waals surface area contributed by atoms with Gasteiger partial charge in [0, 0.05) is 0 Å². The Morgan fingerprint density at radius 1 is 0.923 bits per heavy atom. The summed E-state index contributed by atoms with van der Waals surface area (Å²) in [4.78, 5) is 23.8. The molecule has 0 bridgehead atoms. The maximum absolute atomic E-state index is 12.7. The molecular formula is C18H19N3O4S. The molecule has 26 heavy (non-hydrogen) atoms. The van der Waals surface area contributed by atoms with Crippen molar-refractivity contribution in [2.24, 2.45) is 5.92 Å². The molecule has 136 valence electrons. The molecule has 1 heterocycles. The van der Waals surface area contributed by atoms with Crippen molar-refractivity contribution < 1.29 is 18.0 Å². The fourth-order valence-corrected chi connectivity index (χ4v) is 3.79. The van der Waals surface area contributed by atoms with E-state index in [0.717, 1.165) is 11.1 Å². The summed E-state index contributed by atoms with van der Waals surface area (Å²) in [6, 6.07) is 9.58. The average Bonchev–Trinajstić information content (AvgIpc) is 2.67. The Morgan fingerprint density at radius 2 is 1.58 bits per heavy atom. The van der Waals surface area contributed by atoms with Gasteiger partial charge in [0.15, 0.2) is 0 Å². The van der Waals surface area contributed by atoms with E-state index in [2.05, 4.69) is 15.4 Å². The van der Waals surface area contributed by atoms with Crippen molar-refractivity contribution in [2.45, 2.75) is 25.7 Å². The van der Waals surface area contributed by atoms with Crippen LogP contribution < -0.4 is 15.4 Å². The molecule has 3 N–H and O–H groups in total. The van der Waals surface area contributed by atoms with Gasteiger partial charge in [0.1, 0.15) is 5.92 Å². The highest BCUT2D eigenvalue weighted by Crippen LogP contribution is 2.30. The molecule has 2 aromatic carbocycles. The topological polar surface area (TPSA) is 104 Å². The van der Waals surface area contributed by atoms with Gasteiger partial charge in [-0.1, -0.05) is 17.7 Å². The van der Waals surface area contributed by atoms with E-state index in [-0.39, 0.29) is 10.6 Å². The first-order valence-electron chi connectivity index (χ1n) is 8.03. The van der Waals surface area contributed by atoms with Crippen LogP contribution in [0.25, 0.3) is 0 Å². The number of fused-ring (bicyclic) bond motifs is 1. The monoisotopic (exact) mass is 373 g/mol. The van der Waals surface area contributed by atoms with Gasteiger partial charge in [0.25, 0.3) is 10.0 Å². The molecule has 0 unspecified atom stereocenters. The smallest absolute Gasteiger partial charge is 0.261 e. The number of carbonyl (C=O) groups is 2. The number of hydrogen-bond acceptors (Lipinski definition) is 4. The van der Waals surface area contributed by atoms with E-state index in [9.17, 15) is 18.0 Å². The molecule has 8 heteroatoms. The number of rotatable bonds is 3. The van der Waals surface area contributed by atoms with Crippen LogP contribution >= 0.6 is 0 Å². The van der Waals surface area contributed by atoms with E-state index >= 15 is 0 Å². The van der Waals surface area contributed by atoms with Gasteiger partial charge in [0.05, 0.1) is 22.0 Å². The van der Waals surface area contributed by atoms with Crippen molar-refractivity contribution in [2.75, 3.05) is 15.4 Å².